The normalized spacial score (nSPS) is 9.62. The van der Waals surface area contributed by atoms with Crippen LogP contribution in [0.3, 0.4) is 0 Å². The van der Waals surface area contributed by atoms with Gasteiger partial charge in [0, 0.05) is 4.90 Å². The number of ether oxygens (including phenoxy) is 1. The molecular formula is C12H13NO2S. The Morgan fingerprint density at radius 1 is 1.56 bits per heavy atom. The molecule has 1 aromatic rings. The van der Waals surface area contributed by atoms with Crippen LogP contribution in [0.2, 0.25) is 0 Å². The van der Waals surface area contributed by atoms with Crippen molar-refractivity contribution in [3.8, 4) is 6.07 Å². The molecule has 0 aliphatic rings. The van der Waals surface area contributed by atoms with Crippen LogP contribution in [0, 0.1) is 11.3 Å². The highest BCUT2D eigenvalue weighted by Crippen LogP contribution is 2.24. The summed E-state index contributed by atoms with van der Waals surface area (Å²) < 4.78 is 4.60. The van der Waals surface area contributed by atoms with Gasteiger partial charge in [-0.1, -0.05) is 13.0 Å². The summed E-state index contributed by atoms with van der Waals surface area (Å²) in [5.41, 5.74) is 2.16. The molecule has 1 aromatic carbocycles. The van der Waals surface area contributed by atoms with Gasteiger partial charge in [-0.05, 0) is 23.6 Å². The fourth-order valence-electron chi connectivity index (χ4n) is 1.47. The van der Waals surface area contributed by atoms with Crippen molar-refractivity contribution in [2.45, 2.75) is 24.7 Å². The maximum absolute atomic E-state index is 11.2. The minimum Gasteiger partial charge on any atom is -0.469 e. The van der Waals surface area contributed by atoms with Crippen molar-refractivity contribution in [1.82, 2.24) is 0 Å². The van der Waals surface area contributed by atoms with E-state index in [0.29, 0.717) is 16.0 Å². The molecule has 84 valence electrons. The minimum atomic E-state index is -0.361. The van der Waals surface area contributed by atoms with Crippen molar-refractivity contribution in [2.75, 3.05) is 7.11 Å². The van der Waals surface area contributed by atoms with Gasteiger partial charge in [0.15, 0.2) is 0 Å². The molecule has 0 aromatic heterocycles. The predicted molar refractivity (Wildman–Crippen MR) is 63.5 cm³/mol. The van der Waals surface area contributed by atoms with E-state index in [1.165, 1.54) is 7.11 Å². The number of carbonyl (C=O) groups excluding carboxylic acids is 1. The number of thiol groups is 1. The molecule has 0 bridgehead atoms. The van der Waals surface area contributed by atoms with Crippen LogP contribution in [0.1, 0.15) is 23.6 Å². The molecule has 1 rings (SSSR count). The number of carbonyl (C=O) groups is 1. The number of hydrogen-bond acceptors (Lipinski definition) is 4. The Morgan fingerprint density at radius 2 is 2.25 bits per heavy atom. The van der Waals surface area contributed by atoms with Crippen LogP contribution >= 0.6 is 12.6 Å². The van der Waals surface area contributed by atoms with E-state index in [0.717, 1.165) is 12.0 Å². The summed E-state index contributed by atoms with van der Waals surface area (Å²) in [5.74, 6) is -0.361. The van der Waals surface area contributed by atoms with Crippen molar-refractivity contribution in [3.63, 3.8) is 0 Å². The lowest BCUT2D eigenvalue weighted by atomic mass is 10.0. The van der Waals surface area contributed by atoms with Crippen LogP contribution in [0.15, 0.2) is 17.0 Å². The highest BCUT2D eigenvalue weighted by atomic mass is 32.1. The first-order valence-electron chi connectivity index (χ1n) is 4.94. The molecule has 0 N–H and O–H groups in total. The first-order chi connectivity index (χ1) is 7.63. The Bertz CT molecular complexity index is 449. The zero-order chi connectivity index (χ0) is 12.1. The molecule has 0 saturated carbocycles. The summed E-state index contributed by atoms with van der Waals surface area (Å²) in [6.07, 6.45) is 0.908. The lowest BCUT2D eigenvalue weighted by Gasteiger charge is -2.10. The molecule has 0 heterocycles. The summed E-state index contributed by atoms with van der Waals surface area (Å²) in [4.78, 5) is 12.0. The predicted octanol–water partition coefficient (Wildman–Crippen LogP) is 2.12. The van der Waals surface area contributed by atoms with E-state index in [-0.39, 0.29) is 12.4 Å². The van der Waals surface area contributed by atoms with Gasteiger partial charge in [-0.25, -0.2) is 0 Å². The van der Waals surface area contributed by atoms with Gasteiger partial charge in [0.05, 0.1) is 25.2 Å². The Kier molecular flexibility index (Phi) is 4.39. The second kappa shape index (κ2) is 5.57. The Balaban J connectivity index is 3.22. The molecule has 0 radical (unpaired) electrons. The summed E-state index contributed by atoms with van der Waals surface area (Å²) in [7, 11) is 1.33. The highest BCUT2D eigenvalue weighted by molar-refractivity contribution is 7.80. The fourth-order valence-corrected chi connectivity index (χ4v) is 1.90. The zero-order valence-electron chi connectivity index (χ0n) is 9.28. The van der Waals surface area contributed by atoms with Gasteiger partial charge < -0.3 is 4.74 Å². The van der Waals surface area contributed by atoms with E-state index in [2.05, 4.69) is 23.4 Å². The summed E-state index contributed by atoms with van der Waals surface area (Å²) in [5, 5.41) is 8.96. The topological polar surface area (TPSA) is 50.1 Å². The van der Waals surface area contributed by atoms with E-state index >= 15 is 0 Å². The molecule has 0 unspecified atom stereocenters. The molecule has 3 nitrogen and oxygen atoms in total. The van der Waals surface area contributed by atoms with E-state index in [1.54, 1.807) is 6.07 Å². The van der Waals surface area contributed by atoms with E-state index < -0.39 is 0 Å². The lowest BCUT2D eigenvalue weighted by molar-refractivity contribution is -0.139. The van der Waals surface area contributed by atoms with Gasteiger partial charge in [0.2, 0.25) is 0 Å². The number of aryl methyl sites for hydroxylation is 1. The monoisotopic (exact) mass is 235 g/mol. The molecule has 16 heavy (non-hydrogen) atoms. The molecule has 0 aliphatic carbocycles. The largest absolute Gasteiger partial charge is 0.469 e. The van der Waals surface area contributed by atoms with Crippen molar-refractivity contribution in [1.29, 1.82) is 5.26 Å². The number of nitrogens with zero attached hydrogens (tertiary/aromatic N) is 1. The van der Waals surface area contributed by atoms with E-state index in [4.69, 9.17) is 5.26 Å². The number of methoxy groups -OCH3 is 1. The molecule has 0 aliphatic heterocycles. The van der Waals surface area contributed by atoms with Crippen molar-refractivity contribution in [3.05, 3.63) is 28.8 Å². The van der Waals surface area contributed by atoms with Crippen LogP contribution in [-0.4, -0.2) is 13.1 Å². The van der Waals surface area contributed by atoms with Crippen LogP contribution < -0.4 is 0 Å². The maximum atomic E-state index is 11.2. The zero-order valence-corrected chi connectivity index (χ0v) is 10.2. The SMILES string of the molecule is CCc1ccc(C#N)c(CC(=O)OC)c1S. The van der Waals surface area contributed by atoms with E-state index in [1.807, 2.05) is 13.0 Å². The third-order valence-electron chi connectivity index (χ3n) is 2.42. The Labute approximate surface area is 100 Å². The average Bonchev–Trinajstić information content (AvgIpc) is 2.31. The second-order valence-electron chi connectivity index (χ2n) is 3.32. The van der Waals surface area contributed by atoms with Crippen LogP contribution in [0.5, 0.6) is 0 Å². The smallest absolute Gasteiger partial charge is 0.310 e. The fraction of sp³-hybridized carbons (Fsp3) is 0.333. The van der Waals surface area contributed by atoms with Crippen LogP contribution in [-0.2, 0) is 22.4 Å². The third-order valence-corrected chi connectivity index (χ3v) is 2.97. The van der Waals surface area contributed by atoms with Crippen molar-refractivity contribution >= 4 is 18.6 Å². The second-order valence-corrected chi connectivity index (χ2v) is 3.76. The number of rotatable bonds is 3. The molecule has 0 atom stereocenters. The third kappa shape index (κ3) is 2.56. The summed E-state index contributed by atoms with van der Waals surface area (Å²) in [6, 6.07) is 5.64. The lowest BCUT2D eigenvalue weighted by Crippen LogP contribution is -2.08. The Hall–Kier alpha value is -1.47. The maximum Gasteiger partial charge on any atom is 0.310 e. The quantitative estimate of drug-likeness (QED) is 0.645. The highest BCUT2D eigenvalue weighted by Gasteiger charge is 2.13. The van der Waals surface area contributed by atoms with Crippen LogP contribution in [0.25, 0.3) is 0 Å². The van der Waals surface area contributed by atoms with Gasteiger partial charge in [-0.2, -0.15) is 5.26 Å². The molecule has 0 amide bonds. The van der Waals surface area contributed by atoms with Crippen molar-refractivity contribution < 1.29 is 9.53 Å². The van der Waals surface area contributed by atoms with Gasteiger partial charge in [-0.15, -0.1) is 12.6 Å². The minimum absolute atomic E-state index is 0.0894. The number of benzene rings is 1. The first-order valence-corrected chi connectivity index (χ1v) is 5.39. The molecule has 0 fully saturated rings. The standard InChI is InChI=1S/C12H13NO2S/c1-3-8-4-5-9(7-13)10(12(8)16)6-11(14)15-2/h4-5,16H,3,6H2,1-2H3. The van der Waals surface area contributed by atoms with Crippen molar-refractivity contribution in [2.24, 2.45) is 0 Å². The molecule has 0 spiro atoms. The Morgan fingerprint density at radius 3 is 2.75 bits per heavy atom. The van der Waals surface area contributed by atoms with Crippen LogP contribution in [0.4, 0.5) is 0 Å². The molecule has 4 heteroatoms. The molecular weight excluding hydrogens is 222 g/mol. The van der Waals surface area contributed by atoms with Gasteiger partial charge >= 0.3 is 5.97 Å². The summed E-state index contributed by atoms with van der Waals surface area (Å²) in [6.45, 7) is 2.00. The average molecular weight is 235 g/mol. The first kappa shape index (κ1) is 12.6. The van der Waals surface area contributed by atoms with Gasteiger partial charge in [0.25, 0.3) is 0 Å². The number of esters is 1. The van der Waals surface area contributed by atoms with Gasteiger partial charge in [0.1, 0.15) is 0 Å². The number of hydrogen-bond donors (Lipinski definition) is 1. The van der Waals surface area contributed by atoms with Gasteiger partial charge in [-0.3, -0.25) is 4.79 Å². The summed E-state index contributed by atoms with van der Waals surface area (Å²) >= 11 is 4.37. The van der Waals surface area contributed by atoms with E-state index in [9.17, 15) is 4.79 Å². The number of nitriles is 1. The molecule has 0 saturated heterocycles.